The van der Waals surface area contributed by atoms with Crippen LogP contribution in [-0.2, 0) is 4.79 Å². The van der Waals surface area contributed by atoms with E-state index in [-0.39, 0.29) is 17.9 Å². The highest BCUT2D eigenvalue weighted by atomic mass is 16.2. The number of para-hydroxylation sites is 1. The van der Waals surface area contributed by atoms with Crippen LogP contribution in [0, 0.1) is 6.92 Å². The fourth-order valence-electron chi connectivity index (χ4n) is 3.95. The van der Waals surface area contributed by atoms with Crippen LogP contribution in [0.15, 0.2) is 84.9 Å². The van der Waals surface area contributed by atoms with E-state index in [1.54, 1.807) is 0 Å². The van der Waals surface area contributed by atoms with Crippen LogP contribution < -0.4 is 16.0 Å². The number of amides is 3. The van der Waals surface area contributed by atoms with Gasteiger partial charge in [0.05, 0.1) is 0 Å². The third-order valence-electron chi connectivity index (χ3n) is 5.73. The van der Waals surface area contributed by atoms with Crippen LogP contribution in [0.3, 0.4) is 0 Å². The average molecular weight is 444 g/mol. The first kappa shape index (κ1) is 24.1. The van der Waals surface area contributed by atoms with E-state index in [0.717, 1.165) is 24.1 Å². The van der Waals surface area contributed by atoms with Gasteiger partial charge in [0.25, 0.3) is 0 Å². The zero-order valence-electron chi connectivity index (χ0n) is 19.4. The van der Waals surface area contributed by atoms with E-state index >= 15 is 0 Å². The summed E-state index contributed by atoms with van der Waals surface area (Å²) in [6, 6.07) is 27.3. The molecule has 3 rings (SSSR count). The zero-order chi connectivity index (χ0) is 23.5. The summed E-state index contributed by atoms with van der Waals surface area (Å²) in [6.45, 7) is 4.46. The summed E-state index contributed by atoms with van der Waals surface area (Å²) in [6.07, 6.45) is 2.14. The van der Waals surface area contributed by atoms with Crippen LogP contribution in [0.4, 0.5) is 10.5 Å². The number of anilines is 1. The van der Waals surface area contributed by atoms with Crippen LogP contribution in [0.1, 0.15) is 48.8 Å². The molecule has 0 aliphatic rings. The van der Waals surface area contributed by atoms with Crippen molar-refractivity contribution in [3.63, 3.8) is 0 Å². The number of carbonyl (C=O) groups excluding carboxylic acids is 2. The Kier molecular flexibility index (Phi) is 9.07. The molecular weight excluding hydrogens is 410 g/mol. The fraction of sp³-hybridized carbons (Fsp3) is 0.286. The number of hydrogen-bond acceptors (Lipinski definition) is 2. The molecular formula is C28H33N3O2. The largest absolute Gasteiger partial charge is 0.354 e. The molecule has 1 atom stereocenters. The number of benzene rings is 3. The van der Waals surface area contributed by atoms with Crippen LogP contribution in [0.2, 0.25) is 0 Å². The first-order chi connectivity index (χ1) is 16.1. The summed E-state index contributed by atoms with van der Waals surface area (Å²) in [5.74, 6) is 0.0336. The van der Waals surface area contributed by atoms with Gasteiger partial charge in [0.15, 0.2) is 0 Å². The molecule has 0 heterocycles. The van der Waals surface area contributed by atoms with E-state index in [0.29, 0.717) is 13.0 Å². The molecule has 5 heteroatoms. The molecule has 33 heavy (non-hydrogen) atoms. The molecule has 3 aromatic rings. The van der Waals surface area contributed by atoms with Gasteiger partial charge in [0, 0.05) is 18.2 Å². The van der Waals surface area contributed by atoms with E-state index in [2.05, 4.69) is 40.2 Å². The van der Waals surface area contributed by atoms with E-state index in [9.17, 15) is 9.59 Å². The standard InChI is InChI=1S/C28H33N3O2/c1-3-12-26(31-28(33)30-25-18-11-10-13-21(25)2)27(32)29-20-19-24(22-14-6-4-7-15-22)23-16-8-5-9-17-23/h4-11,13-18,24,26H,3,12,19-20H2,1-2H3,(H,29,32)(H2,30,31,33). The number of nitrogens with one attached hydrogen (secondary N) is 3. The molecule has 0 aliphatic carbocycles. The van der Waals surface area contributed by atoms with Crippen LogP contribution in [-0.4, -0.2) is 24.5 Å². The van der Waals surface area contributed by atoms with Crippen molar-refractivity contribution in [3.05, 3.63) is 102 Å². The molecule has 0 saturated carbocycles. The summed E-state index contributed by atoms with van der Waals surface area (Å²) in [7, 11) is 0. The molecule has 0 saturated heterocycles. The van der Waals surface area contributed by atoms with Crippen molar-refractivity contribution in [2.24, 2.45) is 0 Å². The topological polar surface area (TPSA) is 70.2 Å². The third kappa shape index (κ3) is 7.21. The molecule has 0 spiro atoms. The Morgan fingerprint density at radius 1 is 0.788 bits per heavy atom. The van der Waals surface area contributed by atoms with Gasteiger partial charge in [-0.15, -0.1) is 0 Å². The highest BCUT2D eigenvalue weighted by Crippen LogP contribution is 2.27. The lowest BCUT2D eigenvalue weighted by molar-refractivity contribution is -0.123. The highest BCUT2D eigenvalue weighted by molar-refractivity contribution is 5.94. The Morgan fingerprint density at radius 2 is 1.36 bits per heavy atom. The monoisotopic (exact) mass is 443 g/mol. The van der Waals surface area contributed by atoms with Gasteiger partial charge in [-0.1, -0.05) is 92.2 Å². The summed E-state index contributed by atoms with van der Waals surface area (Å²) < 4.78 is 0. The Hall–Kier alpha value is -3.60. The molecule has 3 aromatic carbocycles. The fourth-order valence-corrected chi connectivity index (χ4v) is 3.95. The summed E-state index contributed by atoms with van der Waals surface area (Å²) in [5, 5.41) is 8.71. The van der Waals surface area contributed by atoms with E-state index < -0.39 is 6.04 Å². The smallest absolute Gasteiger partial charge is 0.319 e. The quantitative estimate of drug-likeness (QED) is 0.380. The second-order valence-electron chi connectivity index (χ2n) is 8.21. The zero-order valence-corrected chi connectivity index (χ0v) is 19.4. The number of carbonyl (C=O) groups is 2. The second kappa shape index (κ2) is 12.4. The molecule has 3 amide bonds. The first-order valence-electron chi connectivity index (χ1n) is 11.6. The maximum absolute atomic E-state index is 12.9. The average Bonchev–Trinajstić information content (AvgIpc) is 2.84. The molecule has 0 radical (unpaired) electrons. The van der Waals surface area contributed by atoms with Gasteiger partial charge >= 0.3 is 6.03 Å². The Bertz CT molecular complexity index is 982. The van der Waals surface area contributed by atoms with Crippen molar-refractivity contribution >= 4 is 17.6 Å². The molecule has 0 aliphatic heterocycles. The van der Waals surface area contributed by atoms with Gasteiger partial charge in [0.2, 0.25) is 5.91 Å². The van der Waals surface area contributed by atoms with E-state index in [1.807, 2.05) is 74.5 Å². The molecule has 0 aromatic heterocycles. The molecule has 0 fully saturated rings. The molecule has 3 N–H and O–H groups in total. The maximum atomic E-state index is 12.9. The number of urea groups is 1. The number of rotatable bonds is 10. The van der Waals surface area contributed by atoms with Gasteiger partial charge in [-0.25, -0.2) is 4.79 Å². The summed E-state index contributed by atoms with van der Waals surface area (Å²) in [5.41, 5.74) is 4.15. The Labute approximate surface area is 196 Å². The maximum Gasteiger partial charge on any atom is 0.319 e. The van der Waals surface area contributed by atoms with Gasteiger partial charge < -0.3 is 16.0 Å². The molecule has 5 nitrogen and oxygen atoms in total. The van der Waals surface area contributed by atoms with E-state index in [1.165, 1.54) is 11.1 Å². The molecule has 0 bridgehead atoms. The second-order valence-corrected chi connectivity index (χ2v) is 8.21. The van der Waals surface area contributed by atoms with Gasteiger partial charge in [0.1, 0.15) is 6.04 Å². The van der Waals surface area contributed by atoms with Crippen molar-refractivity contribution < 1.29 is 9.59 Å². The normalized spacial score (nSPS) is 11.6. The molecule has 1 unspecified atom stereocenters. The van der Waals surface area contributed by atoms with Gasteiger partial charge in [-0.05, 0) is 42.5 Å². The third-order valence-corrected chi connectivity index (χ3v) is 5.73. The van der Waals surface area contributed by atoms with Gasteiger partial charge in [-0.2, -0.15) is 0 Å². The molecule has 172 valence electrons. The van der Waals surface area contributed by atoms with Crippen LogP contribution in [0.5, 0.6) is 0 Å². The Balaban J connectivity index is 1.59. The lowest BCUT2D eigenvalue weighted by Crippen LogP contribution is -2.48. The van der Waals surface area contributed by atoms with Crippen LogP contribution >= 0.6 is 0 Å². The summed E-state index contributed by atoms with van der Waals surface area (Å²) in [4.78, 5) is 25.4. The highest BCUT2D eigenvalue weighted by Gasteiger charge is 2.21. The lowest BCUT2D eigenvalue weighted by atomic mass is 9.88. The first-order valence-corrected chi connectivity index (χ1v) is 11.6. The van der Waals surface area contributed by atoms with Crippen molar-refractivity contribution in [1.82, 2.24) is 10.6 Å². The Morgan fingerprint density at radius 3 is 1.94 bits per heavy atom. The minimum atomic E-state index is -0.578. The van der Waals surface area contributed by atoms with Crippen molar-refractivity contribution in [2.45, 2.75) is 45.1 Å². The minimum Gasteiger partial charge on any atom is -0.354 e. The van der Waals surface area contributed by atoms with E-state index in [4.69, 9.17) is 0 Å². The lowest BCUT2D eigenvalue weighted by Gasteiger charge is -2.21. The SMILES string of the molecule is CCCC(NC(=O)Nc1ccccc1C)C(=O)NCCC(c1ccccc1)c1ccccc1. The van der Waals surface area contributed by atoms with Crippen molar-refractivity contribution in [3.8, 4) is 0 Å². The predicted octanol–water partition coefficient (Wildman–Crippen LogP) is 5.62. The van der Waals surface area contributed by atoms with Crippen molar-refractivity contribution in [1.29, 1.82) is 0 Å². The predicted molar refractivity (Wildman–Crippen MR) is 134 cm³/mol. The van der Waals surface area contributed by atoms with Crippen molar-refractivity contribution in [2.75, 3.05) is 11.9 Å². The minimum absolute atomic E-state index is 0.156. The van der Waals surface area contributed by atoms with Crippen LogP contribution in [0.25, 0.3) is 0 Å². The number of hydrogen-bond donors (Lipinski definition) is 3. The van der Waals surface area contributed by atoms with Gasteiger partial charge in [-0.3, -0.25) is 4.79 Å². The summed E-state index contributed by atoms with van der Waals surface area (Å²) >= 11 is 0. The number of aryl methyl sites for hydroxylation is 1.